The molecule has 0 aromatic rings. The summed E-state index contributed by atoms with van der Waals surface area (Å²) in [5, 5.41) is 8.53. The molecule has 0 aromatic carbocycles. The topological polar surface area (TPSA) is 66.8 Å². The van der Waals surface area contributed by atoms with E-state index >= 15 is 0 Å². The molecular formula is C9H15NO4. The van der Waals surface area contributed by atoms with E-state index in [-0.39, 0.29) is 25.4 Å². The SMILES string of the molecule is C=CCN(CC(=O)O)C(=O)CCOC. The summed E-state index contributed by atoms with van der Waals surface area (Å²) in [4.78, 5) is 23.0. The number of carboxylic acid groups (broad SMARTS) is 1. The van der Waals surface area contributed by atoms with Gasteiger partial charge in [0, 0.05) is 13.7 Å². The maximum atomic E-state index is 11.4. The molecule has 0 radical (unpaired) electrons. The standard InChI is InChI=1S/C9H15NO4/c1-3-5-10(7-9(12)13)8(11)4-6-14-2/h3H,1,4-7H2,2H3,(H,12,13). The highest BCUT2D eigenvalue weighted by Gasteiger charge is 2.14. The Bertz CT molecular complexity index is 215. The molecular weight excluding hydrogens is 186 g/mol. The Balaban J connectivity index is 4.10. The van der Waals surface area contributed by atoms with Crippen molar-refractivity contribution in [2.75, 3.05) is 26.8 Å². The van der Waals surface area contributed by atoms with Crippen molar-refractivity contribution in [3.63, 3.8) is 0 Å². The second-order valence-electron chi connectivity index (χ2n) is 2.70. The van der Waals surface area contributed by atoms with E-state index in [0.29, 0.717) is 6.61 Å². The van der Waals surface area contributed by atoms with Crippen molar-refractivity contribution in [1.82, 2.24) is 4.90 Å². The predicted octanol–water partition coefficient (Wildman–Crippen LogP) is 0.122. The summed E-state index contributed by atoms with van der Waals surface area (Å²) in [5.74, 6) is -1.27. The van der Waals surface area contributed by atoms with E-state index in [1.807, 2.05) is 0 Å². The van der Waals surface area contributed by atoms with E-state index in [9.17, 15) is 9.59 Å². The van der Waals surface area contributed by atoms with Crippen LogP contribution in [0.3, 0.4) is 0 Å². The van der Waals surface area contributed by atoms with Crippen LogP contribution >= 0.6 is 0 Å². The number of carboxylic acids is 1. The molecule has 0 aliphatic rings. The van der Waals surface area contributed by atoms with Gasteiger partial charge in [0.15, 0.2) is 0 Å². The largest absolute Gasteiger partial charge is 0.480 e. The number of carbonyl (C=O) groups excluding carboxylic acids is 1. The number of aliphatic carboxylic acids is 1. The maximum Gasteiger partial charge on any atom is 0.323 e. The molecule has 0 fully saturated rings. The first-order valence-corrected chi connectivity index (χ1v) is 4.21. The minimum Gasteiger partial charge on any atom is -0.480 e. The van der Waals surface area contributed by atoms with Crippen molar-refractivity contribution >= 4 is 11.9 Å². The van der Waals surface area contributed by atoms with Gasteiger partial charge < -0.3 is 14.7 Å². The monoisotopic (exact) mass is 201 g/mol. The first-order chi connectivity index (χ1) is 6.61. The summed E-state index contributed by atoms with van der Waals surface area (Å²) in [6.07, 6.45) is 1.69. The molecule has 80 valence electrons. The number of hydrogen-bond acceptors (Lipinski definition) is 3. The minimum absolute atomic E-state index is 0.192. The molecule has 0 saturated carbocycles. The van der Waals surface area contributed by atoms with E-state index in [2.05, 4.69) is 6.58 Å². The smallest absolute Gasteiger partial charge is 0.323 e. The molecule has 0 rings (SSSR count). The van der Waals surface area contributed by atoms with Crippen LogP contribution in [0.25, 0.3) is 0 Å². The van der Waals surface area contributed by atoms with Crippen molar-refractivity contribution in [3.8, 4) is 0 Å². The zero-order chi connectivity index (χ0) is 11.0. The van der Waals surface area contributed by atoms with Crippen molar-refractivity contribution in [2.45, 2.75) is 6.42 Å². The van der Waals surface area contributed by atoms with E-state index in [1.165, 1.54) is 18.1 Å². The summed E-state index contributed by atoms with van der Waals surface area (Å²) < 4.78 is 4.73. The highest BCUT2D eigenvalue weighted by Crippen LogP contribution is 1.95. The average molecular weight is 201 g/mol. The number of rotatable bonds is 7. The van der Waals surface area contributed by atoms with Gasteiger partial charge in [0.05, 0.1) is 13.0 Å². The maximum absolute atomic E-state index is 11.4. The number of ether oxygens (including phenoxy) is 1. The second kappa shape index (κ2) is 7.08. The van der Waals surface area contributed by atoms with Crippen LogP contribution in [0.5, 0.6) is 0 Å². The molecule has 0 saturated heterocycles. The number of carbonyl (C=O) groups is 2. The van der Waals surface area contributed by atoms with Gasteiger partial charge in [-0.25, -0.2) is 0 Å². The van der Waals surface area contributed by atoms with Crippen LogP contribution in [0.15, 0.2) is 12.7 Å². The molecule has 5 nitrogen and oxygen atoms in total. The number of methoxy groups -OCH3 is 1. The molecule has 0 bridgehead atoms. The van der Waals surface area contributed by atoms with Crippen LogP contribution < -0.4 is 0 Å². The van der Waals surface area contributed by atoms with E-state index < -0.39 is 5.97 Å². The molecule has 14 heavy (non-hydrogen) atoms. The average Bonchev–Trinajstić information content (AvgIpc) is 2.13. The lowest BCUT2D eigenvalue weighted by atomic mass is 10.3. The molecule has 0 aliphatic carbocycles. The summed E-state index contributed by atoms with van der Waals surface area (Å²) in [5.41, 5.74) is 0. The lowest BCUT2D eigenvalue weighted by molar-refractivity contribution is -0.144. The first-order valence-electron chi connectivity index (χ1n) is 4.21. The Kier molecular flexibility index (Phi) is 6.39. The Labute approximate surface area is 83.0 Å². The van der Waals surface area contributed by atoms with Gasteiger partial charge in [-0.1, -0.05) is 6.08 Å². The van der Waals surface area contributed by atoms with Gasteiger partial charge in [0.25, 0.3) is 0 Å². The summed E-state index contributed by atoms with van der Waals surface area (Å²) >= 11 is 0. The molecule has 0 spiro atoms. The Morgan fingerprint density at radius 2 is 2.21 bits per heavy atom. The molecule has 5 heteroatoms. The van der Waals surface area contributed by atoms with Crippen LogP contribution in [0.1, 0.15) is 6.42 Å². The Morgan fingerprint density at radius 3 is 2.64 bits per heavy atom. The lowest BCUT2D eigenvalue weighted by Gasteiger charge is -2.18. The first kappa shape index (κ1) is 12.6. The van der Waals surface area contributed by atoms with Gasteiger partial charge >= 0.3 is 5.97 Å². The van der Waals surface area contributed by atoms with Gasteiger partial charge in [-0.05, 0) is 0 Å². The van der Waals surface area contributed by atoms with Crippen molar-refractivity contribution < 1.29 is 19.4 Å². The number of amides is 1. The molecule has 0 unspecified atom stereocenters. The third-order valence-electron chi connectivity index (χ3n) is 1.55. The van der Waals surface area contributed by atoms with Crippen molar-refractivity contribution in [2.24, 2.45) is 0 Å². The van der Waals surface area contributed by atoms with Crippen LogP contribution in [-0.2, 0) is 14.3 Å². The zero-order valence-corrected chi connectivity index (χ0v) is 8.23. The van der Waals surface area contributed by atoms with Crippen molar-refractivity contribution in [1.29, 1.82) is 0 Å². The lowest BCUT2D eigenvalue weighted by Crippen LogP contribution is -2.36. The molecule has 1 amide bonds. The molecule has 0 aromatic heterocycles. The third-order valence-corrected chi connectivity index (χ3v) is 1.55. The quantitative estimate of drug-likeness (QED) is 0.594. The summed E-state index contributed by atoms with van der Waals surface area (Å²) in [6, 6.07) is 0. The molecule has 0 aliphatic heterocycles. The van der Waals surface area contributed by atoms with E-state index in [1.54, 1.807) is 0 Å². The number of hydrogen-bond donors (Lipinski definition) is 1. The van der Waals surface area contributed by atoms with Gasteiger partial charge in [0.1, 0.15) is 6.54 Å². The van der Waals surface area contributed by atoms with Crippen molar-refractivity contribution in [3.05, 3.63) is 12.7 Å². The van der Waals surface area contributed by atoms with Gasteiger partial charge in [-0.15, -0.1) is 6.58 Å². The van der Waals surface area contributed by atoms with Crippen LogP contribution in [0.4, 0.5) is 0 Å². The highest BCUT2D eigenvalue weighted by atomic mass is 16.5. The molecule has 1 N–H and O–H groups in total. The van der Waals surface area contributed by atoms with Crippen LogP contribution in [0, 0.1) is 0 Å². The fourth-order valence-electron chi connectivity index (χ4n) is 0.921. The minimum atomic E-state index is -1.03. The molecule has 0 atom stereocenters. The van der Waals surface area contributed by atoms with E-state index in [0.717, 1.165) is 0 Å². The van der Waals surface area contributed by atoms with Gasteiger partial charge in [-0.3, -0.25) is 9.59 Å². The summed E-state index contributed by atoms with van der Waals surface area (Å²) in [6.45, 7) is 3.70. The Morgan fingerprint density at radius 1 is 1.57 bits per heavy atom. The second-order valence-corrected chi connectivity index (χ2v) is 2.70. The normalized spacial score (nSPS) is 9.50. The van der Waals surface area contributed by atoms with Gasteiger partial charge in [0.2, 0.25) is 5.91 Å². The fraction of sp³-hybridized carbons (Fsp3) is 0.556. The fourth-order valence-corrected chi connectivity index (χ4v) is 0.921. The summed E-state index contributed by atoms with van der Waals surface area (Å²) in [7, 11) is 1.49. The van der Waals surface area contributed by atoms with Gasteiger partial charge in [-0.2, -0.15) is 0 Å². The zero-order valence-electron chi connectivity index (χ0n) is 8.23. The number of nitrogens with zero attached hydrogens (tertiary/aromatic N) is 1. The van der Waals surface area contributed by atoms with Crippen LogP contribution in [-0.4, -0.2) is 48.7 Å². The predicted molar refractivity (Wildman–Crippen MR) is 50.9 cm³/mol. The third kappa shape index (κ3) is 5.31. The molecule has 0 heterocycles. The van der Waals surface area contributed by atoms with Crippen LogP contribution in [0.2, 0.25) is 0 Å². The highest BCUT2D eigenvalue weighted by molar-refractivity contribution is 5.81. The Hall–Kier alpha value is -1.36. The van der Waals surface area contributed by atoms with E-state index in [4.69, 9.17) is 9.84 Å².